The third-order valence-electron chi connectivity index (χ3n) is 7.53. The van der Waals surface area contributed by atoms with E-state index in [0.29, 0.717) is 84.7 Å². The van der Waals surface area contributed by atoms with E-state index in [4.69, 9.17) is 16.3 Å². The number of anilines is 1. The first kappa shape index (κ1) is 28.9. The number of likely N-dealkylation sites (tertiary alicyclic amines) is 1. The smallest absolute Gasteiger partial charge is 0.303 e. The molecule has 2 heterocycles. The number of aliphatic hydroxyl groups is 1. The lowest BCUT2D eigenvalue weighted by Crippen LogP contribution is -2.43. The molecule has 11 heteroatoms. The molecule has 3 N–H and O–H groups in total. The number of carbonyl (C=O) groups is 1. The Bertz CT molecular complexity index is 1310. The van der Waals surface area contributed by atoms with Gasteiger partial charge in [-0.25, -0.2) is 13.2 Å². The van der Waals surface area contributed by atoms with Gasteiger partial charge in [0.2, 0.25) is 0 Å². The molecule has 0 spiro atoms. The number of aromatic nitrogens is 1. The lowest BCUT2D eigenvalue weighted by atomic mass is 9.71. The molecule has 3 aromatic rings. The Morgan fingerprint density at radius 3 is 2.54 bits per heavy atom. The monoisotopic (exact) mass is 565 g/mol. The van der Waals surface area contributed by atoms with Gasteiger partial charge in [-0.2, -0.15) is 0 Å². The fraction of sp³-hybridized carbons (Fsp3) is 0.429. The van der Waals surface area contributed by atoms with E-state index in [0.717, 1.165) is 0 Å². The first-order chi connectivity index (χ1) is 18.6. The van der Waals surface area contributed by atoms with Crippen molar-refractivity contribution in [1.29, 1.82) is 0 Å². The number of halogens is 4. The average Bonchev–Trinajstić information content (AvgIpc) is 2.89. The molecule has 0 radical (unpaired) electrons. The van der Waals surface area contributed by atoms with Crippen LogP contribution in [0.1, 0.15) is 43.8 Å². The summed E-state index contributed by atoms with van der Waals surface area (Å²) < 4.78 is 46.2. The molecule has 210 valence electrons. The van der Waals surface area contributed by atoms with E-state index in [2.05, 4.69) is 15.2 Å². The Balaban J connectivity index is 1.39. The fourth-order valence-electron chi connectivity index (χ4n) is 5.36. The molecular formula is C28H31ClF3N3O4. The van der Waals surface area contributed by atoms with Crippen molar-refractivity contribution >= 4 is 34.2 Å². The van der Waals surface area contributed by atoms with Gasteiger partial charge in [0.05, 0.1) is 30.2 Å². The van der Waals surface area contributed by atoms with Gasteiger partial charge in [0.25, 0.3) is 0 Å². The van der Waals surface area contributed by atoms with Gasteiger partial charge in [0, 0.05) is 42.4 Å². The first-order valence-corrected chi connectivity index (χ1v) is 13.1. The number of aliphatic carboxylic acids is 1. The van der Waals surface area contributed by atoms with Crippen LogP contribution in [-0.4, -0.2) is 59.4 Å². The Hall–Kier alpha value is -3.08. The topological polar surface area (TPSA) is 94.9 Å². The van der Waals surface area contributed by atoms with Crippen LogP contribution >= 0.6 is 11.6 Å². The van der Waals surface area contributed by atoms with Crippen molar-refractivity contribution in [2.45, 2.75) is 38.2 Å². The van der Waals surface area contributed by atoms with Crippen molar-refractivity contribution in [3.63, 3.8) is 0 Å². The van der Waals surface area contributed by atoms with E-state index >= 15 is 0 Å². The third-order valence-corrected chi connectivity index (χ3v) is 7.83. The number of fused-ring (bicyclic) bond motifs is 1. The van der Waals surface area contributed by atoms with Crippen LogP contribution in [0.15, 0.2) is 36.5 Å². The fourth-order valence-corrected chi connectivity index (χ4v) is 5.63. The number of aliphatic hydroxyl groups excluding tert-OH is 1. The van der Waals surface area contributed by atoms with Crippen molar-refractivity contribution in [3.8, 4) is 5.75 Å². The summed E-state index contributed by atoms with van der Waals surface area (Å²) in [6, 6.07) is 6.59. The predicted octanol–water partition coefficient (Wildman–Crippen LogP) is 5.80. The van der Waals surface area contributed by atoms with Gasteiger partial charge >= 0.3 is 5.97 Å². The average molecular weight is 566 g/mol. The minimum atomic E-state index is -0.995. The van der Waals surface area contributed by atoms with Crippen LogP contribution in [0.3, 0.4) is 0 Å². The van der Waals surface area contributed by atoms with Crippen LogP contribution in [-0.2, 0) is 4.79 Å². The van der Waals surface area contributed by atoms with Gasteiger partial charge in [0.1, 0.15) is 17.3 Å². The summed E-state index contributed by atoms with van der Waals surface area (Å²) in [5, 5.41) is 24.5. The predicted molar refractivity (Wildman–Crippen MR) is 143 cm³/mol. The minimum absolute atomic E-state index is 0.0313. The Morgan fingerprint density at radius 1 is 1.21 bits per heavy atom. The Morgan fingerprint density at radius 2 is 1.90 bits per heavy atom. The molecule has 0 amide bonds. The molecule has 1 aliphatic rings. The molecule has 1 fully saturated rings. The number of hydrogen-bond donors (Lipinski definition) is 3. The molecule has 39 heavy (non-hydrogen) atoms. The molecule has 1 aliphatic heterocycles. The maximum Gasteiger partial charge on any atom is 0.303 e. The summed E-state index contributed by atoms with van der Waals surface area (Å²) in [6.45, 7) is 1.90. The van der Waals surface area contributed by atoms with Gasteiger partial charge < -0.3 is 25.2 Å². The third kappa shape index (κ3) is 6.93. The second-order valence-corrected chi connectivity index (χ2v) is 10.4. The lowest BCUT2D eigenvalue weighted by molar-refractivity contribution is -0.141. The summed E-state index contributed by atoms with van der Waals surface area (Å²) in [5.74, 6) is -3.27. The van der Waals surface area contributed by atoms with Crippen LogP contribution in [0.25, 0.3) is 10.9 Å². The van der Waals surface area contributed by atoms with E-state index in [1.807, 2.05) is 0 Å². The molecule has 7 nitrogen and oxygen atoms in total. The second kappa shape index (κ2) is 12.4. The van der Waals surface area contributed by atoms with Gasteiger partial charge in [-0.1, -0.05) is 11.6 Å². The highest BCUT2D eigenvalue weighted by Gasteiger charge is 2.37. The van der Waals surface area contributed by atoms with E-state index in [9.17, 15) is 28.2 Å². The number of pyridine rings is 1. The number of carboxylic acid groups (broad SMARTS) is 1. The van der Waals surface area contributed by atoms with Crippen LogP contribution in [0.2, 0.25) is 5.02 Å². The van der Waals surface area contributed by atoms with Gasteiger partial charge in [-0.3, -0.25) is 9.78 Å². The number of ether oxygens (including phenoxy) is 1. The summed E-state index contributed by atoms with van der Waals surface area (Å²) in [4.78, 5) is 18.2. The molecular weight excluding hydrogens is 535 g/mol. The molecule has 4 rings (SSSR count). The van der Waals surface area contributed by atoms with Crippen molar-refractivity contribution in [2.75, 3.05) is 38.6 Å². The number of piperidine rings is 1. The first-order valence-electron chi connectivity index (χ1n) is 12.7. The molecule has 2 aromatic carbocycles. The maximum atomic E-state index is 13.9. The van der Waals surface area contributed by atoms with Crippen LogP contribution in [0.5, 0.6) is 5.75 Å². The SMILES string of the molecule is COc1ccc2ncc(Cl)c([C@@H](O)CCC3(CC(=O)O)CCN(CCNc4c(F)cc(F)cc4F)CC3)c2c1. The number of nitrogens with zero attached hydrogens (tertiary/aromatic N) is 2. The lowest BCUT2D eigenvalue weighted by Gasteiger charge is -2.41. The standard InChI is InChI=1S/C28H31ClF3N3O4/c1-39-18-2-3-23-19(14-18)26(20(29)16-34-23)24(36)4-5-28(15-25(37)38)6-9-35(10-7-28)11-8-33-27-21(31)12-17(30)13-22(27)32/h2-3,12-14,16,24,33,36H,4-11,15H2,1H3,(H,37,38)/t24-/m0/s1. The summed E-state index contributed by atoms with van der Waals surface area (Å²) >= 11 is 6.44. The molecule has 1 atom stereocenters. The highest BCUT2D eigenvalue weighted by atomic mass is 35.5. The Kier molecular flexibility index (Phi) is 9.19. The second-order valence-electron chi connectivity index (χ2n) is 10.0. The maximum absolute atomic E-state index is 13.9. The largest absolute Gasteiger partial charge is 0.497 e. The molecule has 1 saturated heterocycles. The zero-order chi connectivity index (χ0) is 28.2. The summed E-state index contributed by atoms with van der Waals surface area (Å²) in [7, 11) is 1.55. The zero-order valence-electron chi connectivity index (χ0n) is 21.5. The number of carboxylic acids is 1. The molecule has 0 unspecified atom stereocenters. The summed E-state index contributed by atoms with van der Waals surface area (Å²) in [6.07, 6.45) is 2.50. The highest BCUT2D eigenvalue weighted by molar-refractivity contribution is 6.32. The van der Waals surface area contributed by atoms with Crippen molar-refractivity contribution in [3.05, 3.63) is 64.6 Å². The minimum Gasteiger partial charge on any atom is -0.497 e. The molecule has 0 aliphatic carbocycles. The number of rotatable bonds is 11. The number of benzene rings is 2. The van der Waals surface area contributed by atoms with E-state index in [-0.39, 0.29) is 18.7 Å². The van der Waals surface area contributed by atoms with Crippen LogP contribution in [0.4, 0.5) is 18.9 Å². The van der Waals surface area contributed by atoms with Crippen LogP contribution in [0, 0.1) is 22.9 Å². The summed E-state index contributed by atoms with van der Waals surface area (Å²) in [5.41, 5.74) is 0.313. The number of hydrogen-bond acceptors (Lipinski definition) is 6. The zero-order valence-corrected chi connectivity index (χ0v) is 22.3. The van der Waals surface area contributed by atoms with Crippen LogP contribution < -0.4 is 10.1 Å². The van der Waals surface area contributed by atoms with E-state index < -0.39 is 34.9 Å². The molecule has 1 aromatic heterocycles. The van der Waals surface area contributed by atoms with Crippen molar-refractivity contribution < 1.29 is 32.9 Å². The quantitative estimate of drug-likeness (QED) is 0.271. The highest BCUT2D eigenvalue weighted by Crippen LogP contribution is 2.43. The van der Waals surface area contributed by atoms with Gasteiger partial charge in [0.15, 0.2) is 11.6 Å². The van der Waals surface area contributed by atoms with E-state index in [1.165, 1.54) is 6.20 Å². The Labute approximate surface area is 229 Å². The van der Waals surface area contributed by atoms with Crippen molar-refractivity contribution in [2.24, 2.45) is 5.41 Å². The van der Waals surface area contributed by atoms with Crippen molar-refractivity contribution in [1.82, 2.24) is 9.88 Å². The molecule has 0 saturated carbocycles. The van der Waals surface area contributed by atoms with Gasteiger partial charge in [-0.05, 0) is 62.4 Å². The van der Waals surface area contributed by atoms with Gasteiger partial charge in [-0.15, -0.1) is 0 Å². The number of methoxy groups -OCH3 is 1. The molecule has 0 bridgehead atoms. The number of nitrogens with one attached hydrogen (secondary N) is 1. The normalized spacial score (nSPS) is 16.3. The van der Waals surface area contributed by atoms with E-state index in [1.54, 1.807) is 25.3 Å².